The molecular weight excluding hydrogens is 312 g/mol. The fourth-order valence-electron chi connectivity index (χ4n) is 2.71. The van der Waals surface area contributed by atoms with Crippen molar-refractivity contribution < 1.29 is 5.11 Å². The van der Waals surface area contributed by atoms with Crippen LogP contribution in [-0.2, 0) is 13.0 Å². The van der Waals surface area contributed by atoms with Gasteiger partial charge in [-0.05, 0) is 31.0 Å². The maximum absolute atomic E-state index is 12.8. The van der Waals surface area contributed by atoms with Crippen molar-refractivity contribution in [2.75, 3.05) is 0 Å². The average molecular weight is 332 g/mol. The number of hydrogen-bond donors (Lipinski definition) is 1. The number of rotatable bonds is 5. The first-order valence-corrected chi connectivity index (χ1v) is 8.21. The molecule has 0 aliphatic heterocycles. The van der Waals surface area contributed by atoms with E-state index in [2.05, 4.69) is 4.99 Å². The Hall–Kier alpha value is -3.14. The second-order valence-electron chi connectivity index (χ2n) is 5.87. The number of aryl methyl sites for hydroxylation is 2. The summed E-state index contributed by atoms with van der Waals surface area (Å²) >= 11 is 0. The summed E-state index contributed by atoms with van der Waals surface area (Å²) in [4.78, 5) is 17.1. The summed E-state index contributed by atoms with van der Waals surface area (Å²) in [6.45, 7) is 2.38. The number of benzene rings is 2. The Morgan fingerprint density at radius 2 is 1.68 bits per heavy atom. The second-order valence-corrected chi connectivity index (χ2v) is 5.87. The second kappa shape index (κ2) is 7.62. The molecule has 1 heterocycles. The van der Waals surface area contributed by atoms with E-state index in [1.54, 1.807) is 10.6 Å². The zero-order valence-electron chi connectivity index (χ0n) is 14.1. The minimum absolute atomic E-state index is 0.0434. The molecule has 0 aliphatic carbocycles. The molecule has 4 heteroatoms. The van der Waals surface area contributed by atoms with Crippen molar-refractivity contribution in [3.63, 3.8) is 0 Å². The highest BCUT2D eigenvalue weighted by Gasteiger charge is 2.11. The van der Waals surface area contributed by atoms with Crippen molar-refractivity contribution >= 4 is 11.9 Å². The lowest BCUT2D eigenvalue weighted by molar-refractivity contribution is 0.468. The maximum Gasteiger partial charge on any atom is 0.263 e. The maximum atomic E-state index is 12.8. The largest absolute Gasteiger partial charge is 0.507 e. The Bertz CT molecular complexity index is 929. The summed E-state index contributed by atoms with van der Waals surface area (Å²) in [5.41, 5.74) is 2.62. The van der Waals surface area contributed by atoms with Crippen molar-refractivity contribution in [2.45, 2.75) is 19.9 Å². The topological polar surface area (TPSA) is 54.6 Å². The molecule has 3 aromatic rings. The predicted molar refractivity (Wildman–Crippen MR) is 101 cm³/mol. The highest BCUT2D eigenvalue weighted by atomic mass is 16.3. The number of aromatic nitrogens is 1. The zero-order chi connectivity index (χ0) is 17.6. The highest BCUT2D eigenvalue weighted by molar-refractivity contribution is 5.84. The molecule has 0 saturated heterocycles. The smallest absolute Gasteiger partial charge is 0.263 e. The van der Waals surface area contributed by atoms with Crippen LogP contribution >= 0.6 is 0 Å². The van der Waals surface area contributed by atoms with E-state index in [0.717, 1.165) is 17.8 Å². The van der Waals surface area contributed by atoms with Gasteiger partial charge in [-0.25, -0.2) is 0 Å². The number of para-hydroxylation sites is 1. The lowest BCUT2D eigenvalue weighted by atomic mass is 10.1. The normalized spacial score (nSPS) is 11.1. The third kappa shape index (κ3) is 4.04. The summed E-state index contributed by atoms with van der Waals surface area (Å²) in [6, 6.07) is 21.0. The van der Waals surface area contributed by atoms with Crippen LogP contribution in [0, 0.1) is 6.92 Å². The van der Waals surface area contributed by atoms with Gasteiger partial charge in [-0.1, -0.05) is 48.5 Å². The van der Waals surface area contributed by atoms with E-state index < -0.39 is 0 Å². The average Bonchev–Trinajstić information content (AvgIpc) is 2.63. The summed E-state index contributed by atoms with van der Waals surface area (Å²) in [5.74, 6) is -0.0434. The van der Waals surface area contributed by atoms with Crippen LogP contribution in [0.5, 0.6) is 5.75 Å². The Labute approximate surface area is 146 Å². The molecule has 0 radical (unpaired) electrons. The molecule has 0 amide bonds. The fourth-order valence-corrected chi connectivity index (χ4v) is 2.71. The van der Waals surface area contributed by atoms with Gasteiger partial charge in [-0.15, -0.1) is 0 Å². The van der Waals surface area contributed by atoms with Crippen LogP contribution < -0.4 is 5.56 Å². The van der Waals surface area contributed by atoms with Crippen molar-refractivity contribution in [3.8, 4) is 5.75 Å². The van der Waals surface area contributed by atoms with Crippen LogP contribution in [0.3, 0.4) is 0 Å². The number of aromatic hydroxyl groups is 1. The van der Waals surface area contributed by atoms with Gasteiger partial charge < -0.3 is 9.67 Å². The van der Waals surface area contributed by atoms with Crippen LogP contribution in [0.15, 0.2) is 76.5 Å². The van der Waals surface area contributed by atoms with Crippen molar-refractivity contribution in [1.29, 1.82) is 0 Å². The van der Waals surface area contributed by atoms with Crippen LogP contribution in [0.4, 0.5) is 5.69 Å². The van der Waals surface area contributed by atoms with E-state index >= 15 is 0 Å². The molecule has 0 aliphatic rings. The molecule has 126 valence electrons. The summed E-state index contributed by atoms with van der Waals surface area (Å²) < 4.78 is 1.68. The van der Waals surface area contributed by atoms with Gasteiger partial charge in [0.15, 0.2) is 0 Å². The molecule has 25 heavy (non-hydrogen) atoms. The van der Waals surface area contributed by atoms with Gasteiger partial charge in [0.05, 0.1) is 11.3 Å². The quantitative estimate of drug-likeness (QED) is 0.721. The van der Waals surface area contributed by atoms with Gasteiger partial charge in [-0.2, -0.15) is 0 Å². The molecule has 4 nitrogen and oxygen atoms in total. The summed E-state index contributed by atoms with van der Waals surface area (Å²) in [6.07, 6.45) is 2.19. The number of aliphatic imine (C=N–C) groups is 1. The first-order valence-electron chi connectivity index (χ1n) is 8.21. The van der Waals surface area contributed by atoms with Crippen LogP contribution in [0.2, 0.25) is 0 Å². The SMILES string of the molecule is Cc1cc(O)c(C=Nc2ccccc2)c(=O)n1CCc1ccccc1. The monoisotopic (exact) mass is 332 g/mol. The minimum Gasteiger partial charge on any atom is -0.507 e. The molecule has 1 aromatic heterocycles. The Kier molecular flexibility index (Phi) is 5.09. The Morgan fingerprint density at radius 1 is 1.04 bits per heavy atom. The molecule has 2 aromatic carbocycles. The number of hydrogen-bond acceptors (Lipinski definition) is 3. The van der Waals surface area contributed by atoms with E-state index in [4.69, 9.17) is 0 Å². The molecule has 0 saturated carbocycles. The third-order valence-corrected chi connectivity index (χ3v) is 4.09. The van der Waals surface area contributed by atoms with Crippen molar-refractivity contribution in [2.24, 2.45) is 4.99 Å². The van der Waals surface area contributed by atoms with Gasteiger partial charge in [-0.3, -0.25) is 9.79 Å². The van der Waals surface area contributed by atoms with E-state index in [9.17, 15) is 9.90 Å². The molecular formula is C21H20N2O2. The predicted octanol–water partition coefficient (Wildman–Crippen LogP) is 3.86. The Morgan fingerprint density at radius 3 is 2.36 bits per heavy atom. The first kappa shape index (κ1) is 16.7. The lowest BCUT2D eigenvalue weighted by Gasteiger charge is -2.12. The van der Waals surface area contributed by atoms with Gasteiger partial charge in [0.25, 0.3) is 5.56 Å². The van der Waals surface area contributed by atoms with E-state index in [1.165, 1.54) is 11.8 Å². The van der Waals surface area contributed by atoms with Gasteiger partial charge in [0, 0.05) is 24.5 Å². The van der Waals surface area contributed by atoms with Crippen molar-refractivity contribution in [3.05, 3.63) is 93.9 Å². The molecule has 0 fully saturated rings. The van der Waals surface area contributed by atoms with Gasteiger partial charge >= 0.3 is 0 Å². The van der Waals surface area contributed by atoms with Gasteiger partial charge in [0.2, 0.25) is 0 Å². The van der Waals surface area contributed by atoms with E-state index in [-0.39, 0.29) is 16.9 Å². The zero-order valence-corrected chi connectivity index (χ0v) is 14.1. The van der Waals surface area contributed by atoms with Gasteiger partial charge in [0.1, 0.15) is 5.75 Å². The van der Waals surface area contributed by atoms with Crippen LogP contribution in [-0.4, -0.2) is 15.9 Å². The lowest BCUT2D eigenvalue weighted by Crippen LogP contribution is -2.26. The first-order chi connectivity index (χ1) is 12.1. The molecule has 0 spiro atoms. The molecule has 0 unspecified atom stereocenters. The van der Waals surface area contributed by atoms with Crippen LogP contribution in [0.1, 0.15) is 16.8 Å². The molecule has 3 rings (SSSR count). The minimum atomic E-state index is -0.229. The highest BCUT2D eigenvalue weighted by Crippen LogP contribution is 2.16. The number of pyridine rings is 1. The van der Waals surface area contributed by atoms with Crippen LogP contribution in [0.25, 0.3) is 0 Å². The number of nitrogens with zero attached hydrogens (tertiary/aromatic N) is 2. The van der Waals surface area contributed by atoms with E-state index in [0.29, 0.717) is 6.54 Å². The molecule has 1 N–H and O–H groups in total. The van der Waals surface area contributed by atoms with E-state index in [1.807, 2.05) is 67.6 Å². The summed E-state index contributed by atoms with van der Waals surface area (Å²) in [7, 11) is 0. The fraction of sp³-hybridized carbons (Fsp3) is 0.143. The molecule has 0 bridgehead atoms. The van der Waals surface area contributed by atoms with Crippen molar-refractivity contribution in [1.82, 2.24) is 4.57 Å². The molecule has 0 atom stereocenters. The summed E-state index contributed by atoms with van der Waals surface area (Å²) in [5, 5.41) is 10.2. The standard InChI is InChI=1S/C21H20N2O2/c1-16-14-20(24)19(15-22-18-10-6-3-7-11-18)21(25)23(16)13-12-17-8-4-2-5-9-17/h2-11,14-15,24H,12-13H2,1H3. The Balaban J connectivity index is 1.89. The third-order valence-electron chi connectivity index (χ3n) is 4.09.